The Morgan fingerprint density at radius 2 is 1.08 bits per heavy atom. The molecule has 0 radical (unpaired) electrons. The van der Waals surface area contributed by atoms with Gasteiger partial charge in [0.15, 0.2) is 0 Å². The van der Waals surface area contributed by atoms with Crippen LogP contribution < -0.4 is 31.6 Å². The summed E-state index contributed by atoms with van der Waals surface area (Å²) in [6.45, 7) is 0.841. The Morgan fingerprint density at radius 1 is 0.605 bits per heavy atom. The number of fused-ring (bicyclic) bond motifs is 1. The molecule has 38 heavy (non-hydrogen) atoms. The number of benzene rings is 4. The van der Waals surface area contributed by atoms with Crippen LogP contribution in [0.5, 0.6) is 11.5 Å². The number of nitrogens with one attached hydrogen (secondary N) is 2. The van der Waals surface area contributed by atoms with Gasteiger partial charge in [-0.15, -0.1) is 0 Å². The van der Waals surface area contributed by atoms with Crippen molar-refractivity contribution in [3.8, 4) is 11.5 Å². The van der Waals surface area contributed by atoms with Crippen molar-refractivity contribution in [1.82, 2.24) is 0 Å². The molecule has 0 saturated heterocycles. The molecule has 0 aliphatic heterocycles. The van der Waals surface area contributed by atoms with Crippen LogP contribution >= 0.6 is 0 Å². The molecule has 0 saturated carbocycles. The molecule has 8 heteroatoms. The van der Waals surface area contributed by atoms with Gasteiger partial charge in [0.05, 0.1) is 13.2 Å². The minimum Gasteiger partial charge on any atom is -0.494 e. The van der Waals surface area contributed by atoms with E-state index in [4.69, 9.17) is 20.9 Å². The van der Waals surface area contributed by atoms with Crippen molar-refractivity contribution in [3.05, 3.63) is 84.9 Å². The molecule has 6 N–H and O–H groups in total. The molecule has 4 rings (SSSR count). The minimum atomic E-state index is -0.0817. The van der Waals surface area contributed by atoms with Crippen LogP contribution in [0.3, 0.4) is 0 Å². The zero-order chi connectivity index (χ0) is 26.7. The van der Waals surface area contributed by atoms with Gasteiger partial charge in [-0.25, -0.2) is 0 Å². The first-order valence-electron chi connectivity index (χ1n) is 12.5. The summed E-state index contributed by atoms with van der Waals surface area (Å²) in [6, 6.07) is 25.9. The minimum absolute atomic E-state index is 0.0817. The second kappa shape index (κ2) is 13.0. The second-order valence-corrected chi connectivity index (χ2v) is 8.92. The number of carbonyl (C=O) groups is 2. The van der Waals surface area contributed by atoms with Crippen molar-refractivity contribution in [1.29, 1.82) is 0 Å². The molecular formula is C30H32N4O4. The van der Waals surface area contributed by atoms with Crippen LogP contribution in [0.2, 0.25) is 0 Å². The van der Waals surface area contributed by atoms with Crippen molar-refractivity contribution in [2.24, 2.45) is 0 Å². The first kappa shape index (κ1) is 26.3. The molecule has 196 valence electrons. The van der Waals surface area contributed by atoms with Crippen LogP contribution in [-0.4, -0.2) is 25.0 Å². The molecule has 0 fully saturated rings. The van der Waals surface area contributed by atoms with Crippen molar-refractivity contribution in [2.45, 2.75) is 25.7 Å². The van der Waals surface area contributed by atoms with E-state index in [0.717, 1.165) is 22.3 Å². The van der Waals surface area contributed by atoms with E-state index in [-0.39, 0.29) is 11.8 Å². The van der Waals surface area contributed by atoms with E-state index >= 15 is 0 Å². The highest BCUT2D eigenvalue weighted by atomic mass is 16.5. The first-order valence-corrected chi connectivity index (χ1v) is 12.5. The third kappa shape index (κ3) is 8.16. The molecule has 8 nitrogen and oxygen atoms in total. The molecule has 4 aromatic rings. The van der Waals surface area contributed by atoms with Crippen LogP contribution in [-0.2, 0) is 9.59 Å². The standard InChI is InChI=1S/C30H32N4O4/c31-23-5-1-7-25(19-23)33-29(35)9-3-15-37-27-13-11-21-12-14-28(18-22(21)17-27)38-16-4-10-30(36)34-26-8-2-6-24(32)20-26/h1-2,5-8,11-14,17-20H,3-4,9-10,15-16,31-32H2,(H,33,35)(H,34,36). The van der Waals surface area contributed by atoms with Gasteiger partial charge in [0.2, 0.25) is 11.8 Å². The Kier molecular flexibility index (Phi) is 9.02. The number of amides is 2. The van der Waals surface area contributed by atoms with Gasteiger partial charge in [0.25, 0.3) is 0 Å². The van der Waals surface area contributed by atoms with Gasteiger partial charge in [-0.3, -0.25) is 9.59 Å². The molecule has 0 aliphatic rings. The highest BCUT2D eigenvalue weighted by Gasteiger charge is 2.06. The summed E-state index contributed by atoms with van der Waals surface area (Å²) < 4.78 is 11.7. The maximum absolute atomic E-state index is 12.1. The Hall–Kier alpha value is -4.72. The Labute approximate surface area is 221 Å². The molecule has 4 aromatic carbocycles. The molecule has 0 bridgehead atoms. The second-order valence-electron chi connectivity index (χ2n) is 8.92. The SMILES string of the molecule is Nc1cccc(NC(=O)CCCOc2ccc3ccc(OCCCC(=O)Nc4cccc(N)c4)cc3c2)c1. The normalized spacial score (nSPS) is 10.6. The smallest absolute Gasteiger partial charge is 0.224 e. The molecule has 0 unspecified atom stereocenters. The molecule has 0 aliphatic carbocycles. The van der Waals surface area contributed by atoms with E-state index in [1.807, 2.05) is 36.4 Å². The number of ether oxygens (including phenoxy) is 2. The Bertz CT molecular complexity index is 1300. The summed E-state index contributed by atoms with van der Waals surface area (Å²) in [5.41, 5.74) is 14.1. The van der Waals surface area contributed by atoms with E-state index < -0.39 is 0 Å². The van der Waals surface area contributed by atoms with Gasteiger partial charge in [0.1, 0.15) is 11.5 Å². The fraction of sp³-hybridized carbons (Fsp3) is 0.200. The number of nitrogen functional groups attached to an aromatic ring is 2. The summed E-state index contributed by atoms with van der Waals surface area (Å²) in [4.78, 5) is 24.3. The van der Waals surface area contributed by atoms with E-state index in [2.05, 4.69) is 10.6 Å². The summed E-state index contributed by atoms with van der Waals surface area (Å²) in [5, 5.41) is 7.72. The van der Waals surface area contributed by atoms with Crippen LogP contribution in [0.4, 0.5) is 22.7 Å². The van der Waals surface area contributed by atoms with Crippen LogP contribution in [0.15, 0.2) is 84.9 Å². The maximum Gasteiger partial charge on any atom is 0.224 e. The van der Waals surface area contributed by atoms with Gasteiger partial charge >= 0.3 is 0 Å². The lowest BCUT2D eigenvalue weighted by molar-refractivity contribution is -0.117. The monoisotopic (exact) mass is 512 g/mol. The predicted octanol–water partition coefficient (Wildman–Crippen LogP) is 5.60. The summed E-state index contributed by atoms with van der Waals surface area (Å²) >= 11 is 0. The number of carbonyl (C=O) groups excluding carboxylic acids is 2. The van der Waals surface area contributed by atoms with Crippen molar-refractivity contribution in [3.63, 3.8) is 0 Å². The Balaban J connectivity index is 1.19. The zero-order valence-corrected chi connectivity index (χ0v) is 21.1. The lowest BCUT2D eigenvalue weighted by Crippen LogP contribution is -2.13. The lowest BCUT2D eigenvalue weighted by atomic mass is 10.1. The van der Waals surface area contributed by atoms with Gasteiger partial charge in [-0.1, -0.05) is 24.3 Å². The van der Waals surface area contributed by atoms with Gasteiger partial charge in [-0.2, -0.15) is 0 Å². The van der Waals surface area contributed by atoms with E-state index in [0.29, 0.717) is 61.6 Å². The average Bonchev–Trinajstić information content (AvgIpc) is 2.89. The van der Waals surface area contributed by atoms with Crippen LogP contribution in [0.1, 0.15) is 25.7 Å². The van der Waals surface area contributed by atoms with Gasteiger partial charge < -0.3 is 31.6 Å². The average molecular weight is 513 g/mol. The highest BCUT2D eigenvalue weighted by molar-refractivity contribution is 5.91. The van der Waals surface area contributed by atoms with Crippen molar-refractivity contribution >= 4 is 45.3 Å². The molecule has 0 spiro atoms. The highest BCUT2D eigenvalue weighted by Crippen LogP contribution is 2.25. The largest absolute Gasteiger partial charge is 0.494 e. The summed E-state index contributed by atoms with van der Waals surface area (Å²) in [6.07, 6.45) is 1.86. The van der Waals surface area contributed by atoms with Crippen LogP contribution in [0.25, 0.3) is 10.8 Å². The van der Waals surface area contributed by atoms with Gasteiger partial charge in [0, 0.05) is 35.6 Å². The third-order valence-electron chi connectivity index (χ3n) is 5.76. The van der Waals surface area contributed by atoms with Crippen molar-refractivity contribution in [2.75, 3.05) is 35.3 Å². The third-order valence-corrected chi connectivity index (χ3v) is 5.76. The number of anilines is 4. The summed E-state index contributed by atoms with van der Waals surface area (Å²) in [5.74, 6) is 1.29. The number of nitrogens with two attached hydrogens (primary N) is 2. The lowest BCUT2D eigenvalue weighted by Gasteiger charge is -2.10. The molecule has 0 heterocycles. The fourth-order valence-electron chi connectivity index (χ4n) is 3.91. The number of hydrogen-bond acceptors (Lipinski definition) is 6. The number of hydrogen-bond donors (Lipinski definition) is 4. The van der Waals surface area contributed by atoms with Crippen LogP contribution in [0, 0.1) is 0 Å². The molecular weight excluding hydrogens is 480 g/mol. The van der Waals surface area contributed by atoms with Gasteiger partial charge in [-0.05, 0) is 84.3 Å². The predicted molar refractivity (Wildman–Crippen MR) is 152 cm³/mol. The topological polar surface area (TPSA) is 129 Å². The molecule has 0 aromatic heterocycles. The zero-order valence-electron chi connectivity index (χ0n) is 21.1. The fourth-order valence-corrected chi connectivity index (χ4v) is 3.91. The summed E-state index contributed by atoms with van der Waals surface area (Å²) in [7, 11) is 0. The first-order chi connectivity index (χ1) is 18.4. The van der Waals surface area contributed by atoms with E-state index in [1.54, 1.807) is 48.5 Å². The Morgan fingerprint density at radius 3 is 1.53 bits per heavy atom. The number of rotatable bonds is 12. The quantitative estimate of drug-likeness (QED) is 0.144. The van der Waals surface area contributed by atoms with E-state index in [9.17, 15) is 9.59 Å². The van der Waals surface area contributed by atoms with Crippen molar-refractivity contribution < 1.29 is 19.1 Å². The van der Waals surface area contributed by atoms with E-state index in [1.165, 1.54) is 0 Å². The maximum atomic E-state index is 12.1. The molecule has 0 atom stereocenters. The molecule has 2 amide bonds.